The predicted molar refractivity (Wildman–Crippen MR) is 99.0 cm³/mol. The first-order chi connectivity index (χ1) is 12.7. The Balaban J connectivity index is 0.000000277. The van der Waals surface area contributed by atoms with Gasteiger partial charge in [-0.3, -0.25) is 14.4 Å². The standard InChI is InChI=1S/C11H12O4.C9H10O3/c1-7(12)9-4-5-10(15-8(2)13)11(6-9)14-3;1-6(10)7-3-4-8(11)9(5-7)12-2/h4-6H,1-3H3;3-5,11H,1-2H3. The van der Waals surface area contributed by atoms with Gasteiger partial charge in [0, 0.05) is 18.1 Å². The topological polar surface area (TPSA) is 99.1 Å². The van der Waals surface area contributed by atoms with Crippen LogP contribution in [0.3, 0.4) is 0 Å². The molecule has 2 aromatic carbocycles. The van der Waals surface area contributed by atoms with Gasteiger partial charge >= 0.3 is 5.97 Å². The van der Waals surface area contributed by atoms with Gasteiger partial charge in [-0.05, 0) is 50.2 Å². The average Bonchev–Trinajstić information content (AvgIpc) is 2.62. The van der Waals surface area contributed by atoms with Crippen LogP contribution in [0, 0.1) is 0 Å². The molecule has 0 aliphatic heterocycles. The molecule has 7 heteroatoms. The Labute approximate surface area is 157 Å². The predicted octanol–water partition coefficient (Wildman–Crippen LogP) is 3.43. The molecule has 0 radical (unpaired) electrons. The van der Waals surface area contributed by atoms with Crippen LogP contribution < -0.4 is 14.2 Å². The van der Waals surface area contributed by atoms with E-state index in [0.717, 1.165) is 0 Å². The molecule has 27 heavy (non-hydrogen) atoms. The lowest BCUT2D eigenvalue weighted by Gasteiger charge is -2.08. The van der Waals surface area contributed by atoms with E-state index in [0.29, 0.717) is 28.4 Å². The quantitative estimate of drug-likeness (QED) is 0.486. The van der Waals surface area contributed by atoms with Gasteiger partial charge in [0.1, 0.15) is 0 Å². The van der Waals surface area contributed by atoms with Gasteiger partial charge in [0.15, 0.2) is 34.6 Å². The molecule has 0 fully saturated rings. The molecule has 0 spiro atoms. The van der Waals surface area contributed by atoms with Crippen molar-refractivity contribution in [1.82, 2.24) is 0 Å². The zero-order valence-corrected chi connectivity index (χ0v) is 15.9. The number of aromatic hydroxyl groups is 1. The van der Waals surface area contributed by atoms with E-state index in [1.54, 1.807) is 18.2 Å². The third kappa shape index (κ3) is 6.47. The summed E-state index contributed by atoms with van der Waals surface area (Å²) in [6.07, 6.45) is 0. The van der Waals surface area contributed by atoms with Crippen LogP contribution in [0.1, 0.15) is 41.5 Å². The van der Waals surface area contributed by atoms with E-state index in [1.807, 2.05) is 0 Å². The molecule has 7 nitrogen and oxygen atoms in total. The Morgan fingerprint density at radius 3 is 1.67 bits per heavy atom. The van der Waals surface area contributed by atoms with Gasteiger partial charge in [-0.1, -0.05) is 0 Å². The second kappa shape index (κ2) is 9.96. The molecule has 0 aliphatic rings. The van der Waals surface area contributed by atoms with E-state index < -0.39 is 5.97 Å². The largest absolute Gasteiger partial charge is 0.504 e. The molecule has 0 aromatic heterocycles. The highest BCUT2D eigenvalue weighted by atomic mass is 16.6. The molecule has 0 amide bonds. The first kappa shape index (κ1) is 21.7. The normalized spacial score (nSPS) is 9.52. The molecule has 0 atom stereocenters. The molecule has 1 N–H and O–H groups in total. The summed E-state index contributed by atoms with van der Waals surface area (Å²) in [5.41, 5.74) is 1.05. The summed E-state index contributed by atoms with van der Waals surface area (Å²) in [5, 5.41) is 9.18. The molecule has 2 rings (SSSR count). The number of ether oxygens (including phenoxy) is 3. The lowest BCUT2D eigenvalue weighted by Crippen LogP contribution is -2.04. The first-order valence-electron chi connectivity index (χ1n) is 7.95. The smallest absolute Gasteiger partial charge is 0.308 e. The minimum Gasteiger partial charge on any atom is -0.504 e. The molecular formula is C20H22O7. The fourth-order valence-electron chi connectivity index (χ4n) is 2.02. The molecule has 0 aliphatic carbocycles. The van der Waals surface area contributed by atoms with Crippen molar-refractivity contribution in [2.24, 2.45) is 0 Å². The van der Waals surface area contributed by atoms with Crippen molar-refractivity contribution in [1.29, 1.82) is 0 Å². The molecular weight excluding hydrogens is 352 g/mol. The maximum atomic E-state index is 11.1. The second-order valence-corrected chi connectivity index (χ2v) is 5.46. The van der Waals surface area contributed by atoms with Crippen molar-refractivity contribution in [2.75, 3.05) is 14.2 Å². The number of phenols is 1. The van der Waals surface area contributed by atoms with Gasteiger partial charge in [0.25, 0.3) is 0 Å². The number of Topliss-reactive ketones (excluding diaryl/α,β-unsaturated/α-hetero) is 2. The van der Waals surface area contributed by atoms with E-state index in [2.05, 4.69) is 0 Å². The number of hydrogen-bond acceptors (Lipinski definition) is 7. The maximum Gasteiger partial charge on any atom is 0.308 e. The Morgan fingerprint density at radius 1 is 0.741 bits per heavy atom. The van der Waals surface area contributed by atoms with E-state index in [4.69, 9.17) is 14.2 Å². The Bertz CT molecular complexity index is 840. The van der Waals surface area contributed by atoms with Crippen LogP contribution in [0.15, 0.2) is 36.4 Å². The molecule has 144 valence electrons. The lowest BCUT2D eigenvalue weighted by atomic mass is 10.1. The average molecular weight is 374 g/mol. The summed E-state index contributed by atoms with van der Waals surface area (Å²) >= 11 is 0. The summed E-state index contributed by atoms with van der Waals surface area (Å²) in [7, 11) is 2.89. The van der Waals surface area contributed by atoms with Crippen LogP contribution in [0.25, 0.3) is 0 Å². The fourth-order valence-corrected chi connectivity index (χ4v) is 2.02. The highest BCUT2D eigenvalue weighted by Gasteiger charge is 2.09. The zero-order chi connectivity index (χ0) is 20.6. The molecule has 0 heterocycles. The van der Waals surface area contributed by atoms with Gasteiger partial charge in [-0.25, -0.2) is 0 Å². The minimum absolute atomic E-state index is 0.0440. The second-order valence-electron chi connectivity index (χ2n) is 5.46. The zero-order valence-electron chi connectivity index (χ0n) is 15.9. The minimum atomic E-state index is -0.427. The van der Waals surface area contributed by atoms with Crippen molar-refractivity contribution in [3.63, 3.8) is 0 Å². The molecule has 0 saturated heterocycles. The maximum absolute atomic E-state index is 11.1. The lowest BCUT2D eigenvalue weighted by molar-refractivity contribution is -0.132. The van der Waals surface area contributed by atoms with Crippen molar-refractivity contribution in [3.8, 4) is 23.0 Å². The van der Waals surface area contributed by atoms with E-state index >= 15 is 0 Å². The third-order valence-electron chi connectivity index (χ3n) is 3.41. The number of esters is 1. The SMILES string of the molecule is COc1cc(C(C)=O)ccc1O.COc1cc(C(C)=O)ccc1OC(C)=O. The van der Waals surface area contributed by atoms with E-state index in [-0.39, 0.29) is 17.3 Å². The summed E-state index contributed by atoms with van der Waals surface area (Å²) in [5.74, 6) is 0.512. The van der Waals surface area contributed by atoms with Crippen molar-refractivity contribution in [2.45, 2.75) is 20.8 Å². The van der Waals surface area contributed by atoms with Crippen molar-refractivity contribution >= 4 is 17.5 Å². The summed E-state index contributed by atoms with van der Waals surface area (Å²) in [6.45, 7) is 4.23. The van der Waals surface area contributed by atoms with E-state index in [9.17, 15) is 19.5 Å². The summed E-state index contributed by atoms with van der Waals surface area (Å²) in [6, 6.07) is 9.17. The van der Waals surface area contributed by atoms with Crippen molar-refractivity contribution in [3.05, 3.63) is 47.5 Å². The number of benzene rings is 2. The Hall–Kier alpha value is -3.35. The fraction of sp³-hybridized carbons (Fsp3) is 0.250. The van der Waals surface area contributed by atoms with Crippen LogP contribution in [0.2, 0.25) is 0 Å². The summed E-state index contributed by atoms with van der Waals surface area (Å²) in [4.78, 5) is 32.7. The number of ketones is 2. The van der Waals surface area contributed by atoms with Gasteiger partial charge in [-0.2, -0.15) is 0 Å². The molecule has 0 unspecified atom stereocenters. The number of carbonyl (C=O) groups is 3. The van der Waals surface area contributed by atoms with Crippen LogP contribution in [-0.4, -0.2) is 36.9 Å². The van der Waals surface area contributed by atoms with Gasteiger partial charge < -0.3 is 19.3 Å². The van der Waals surface area contributed by atoms with Gasteiger partial charge in [-0.15, -0.1) is 0 Å². The number of rotatable bonds is 5. The van der Waals surface area contributed by atoms with Crippen LogP contribution in [0.5, 0.6) is 23.0 Å². The molecule has 0 bridgehead atoms. The van der Waals surface area contributed by atoms with Crippen LogP contribution in [-0.2, 0) is 4.79 Å². The van der Waals surface area contributed by atoms with Crippen LogP contribution in [0.4, 0.5) is 0 Å². The number of methoxy groups -OCH3 is 2. The highest BCUT2D eigenvalue weighted by Crippen LogP contribution is 2.28. The van der Waals surface area contributed by atoms with Gasteiger partial charge in [0.05, 0.1) is 14.2 Å². The Kier molecular flexibility index (Phi) is 8.00. The summed E-state index contributed by atoms with van der Waals surface area (Å²) < 4.78 is 14.7. The number of hydrogen-bond donors (Lipinski definition) is 1. The van der Waals surface area contributed by atoms with Gasteiger partial charge in [0.2, 0.25) is 0 Å². The van der Waals surface area contributed by atoms with Crippen LogP contribution >= 0.6 is 0 Å². The number of carbonyl (C=O) groups excluding carboxylic acids is 3. The molecule has 0 saturated carbocycles. The van der Waals surface area contributed by atoms with Crippen molar-refractivity contribution < 1.29 is 33.7 Å². The van der Waals surface area contributed by atoms with E-state index in [1.165, 1.54) is 53.2 Å². The Morgan fingerprint density at radius 2 is 1.22 bits per heavy atom. The highest BCUT2D eigenvalue weighted by molar-refractivity contribution is 5.95. The number of phenolic OH excluding ortho intramolecular Hbond substituents is 1. The third-order valence-corrected chi connectivity index (χ3v) is 3.41. The molecule has 2 aromatic rings. The first-order valence-corrected chi connectivity index (χ1v) is 7.95. The monoisotopic (exact) mass is 374 g/mol.